The lowest BCUT2D eigenvalue weighted by Crippen LogP contribution is -2.25. The maximum atomic E-state index is 12.2. The molecule has 0 saturated carbocycles. The molecular formula is C14H15N5OS. The van der Waals surface area contributed by atoms with Crippen LogP contribution in [-0.4, -0.2) is 27.0 Å². The molecule has 3 aromatic heterocycles. The number of pyridine rings is 1. The molecule has 3 rings (SSSR count). The molecule has 0 spiro atoms. The van der Waals surface area contributed by atoms with E-state index in [1.54, 1.807) is 18.7 Å². The molecule has 3 aromatic rings. The standard InChI is InChI=1S/C14H15N5OS/c15-11-12-10(3-1-4-17-12)21-13(11)14(20)18-5-2-7-19-8-6-16-9-19/h1,3-4,6,8-9H,2,5,7,15H2,(H,18,20). The Bertz CT molecular complexity index is 750. The molecule has 108 valence electrons. The fraction of sp³-hybridized carbons (Fsp3) is 0.214. The number of amides is 1. The monoisotopic (exact) mass is 301 g/mol. The normalized spacial score (nSPS) is 10.9. The van der Waals surface area contributed by atoms with Crippen molar-refractivity contribution in [3.05, 3.63) is 41.9 Å². The maximum Gasteiger partial charge on any atom is 0.263 e. The Kier molecular flexibility index (Phi) is 3.83. The van der Waals surface area contributed by atoms with E-state index in [-0.39, 0.29) is 5.91 Å². The Hall–Kier alpha value is -2.41. The van der Waals surface area contributed by atoms with Crippen LogP contribution in [0.3, 0.4) is 0 Å². The van der Waals surface area contributed by atoms with Crippen molar-refractivity contribution in [1.82, 2.24) is 19.9 Å². The number of nitrogens with one attached hydrogen (secondary N) is 1. The molecule has 0 aliphatic rings. The summed E-state index contributed by atoms with van der Waals surface area (Å²) in [5, 5.41) is 2.89. The van der Waals surface area contributed by atoms with E-state index >= 15 is 0 Å². The summed E-state index contributed by atoms with van der Waals surface area (Å²) in [6.45, 7) is 1.42. The van der Waals surface area contributed by atoms with E-state index in [0.29, 0.717) is 22.6 Å². The van der Waals surface area contributed by atoms with Crippen LogP contribution in [0.4, 0.5) is 5.69 Å². The van der Waals surface area contributed by atoms with E-state index in [0.717, 1.165) is 17.7 Å². The number of hydrogen-bond acceptors (Lipinski definition) is 5. The number of imidazole rings is 1. The first-order chi connectivity index (χ1) is 10.3. The highest BCUT2D eigenvalue weighted by molar-refractivity contribution is 7.21. The van der Waals surface area contributed by atoms with Crippen molar-refractivity contribution in [2.45, 2.75) is 13.0 Å². The van der Waals surface area contributed by atoms with Crippen molar-refractivity contribution >= 4 is 33.1 Å². The largest absolute Gasteiger partial charge is 0.396 e. The smallest absolute Gasteiger partial charge is 0.263 e. The Labute approximate surface area is 125 Å². The number of anilines is 1. The minimum absolute atomic E-state index is 0.138. The Balaban J connectivity index is 1.60. The molecule has 0 aromatic carbocycles. The number of carbonyl (C=O) groups excluding carboxylic acids is 1. The minimum Gasteiger partial charge on any atom is -0.396 e. The maximum absolute atomic E-state index is 12.2. The molecule has 1 amide bonds. The van der Waals surface area contributed by atoms with Gasteiger partial charge in [-0.3, -0.25) is 9.78 Å². The molecule has 0 aliphatic carbocycles. The number of carbonyl (C=O) groups is 1. The zero-order valence-corrected chi connectivity index (χ0v) is 12.1. The van der Waals surface area contributed by atoms with Gasteiger partial charge in [-0.1, -0.05) is 0 Å². The van der Waals surface area contributed by atoms with Crippen LogP contribution < -0.4 is 11.1 Å². The van der Waals surface area contributed by atoms with E-state index < -0.39 is 0 Å². The predicted octanol–water partition coefficient (Wildman–Crippen LogP) is 1.90. The second-order valence-electron chi connectivity index (χ2n) is 4.60. The lowest BCUT2D eigenvalue weighted by Gasteiger charge is -2.05. The first-order valence-corrected chi connectivity index (χ1v) is 7.44. The van der Waals surface area contributed by atoms with E-state index in [1.165, 1.54) is 11.3 Å². The SMILES string of the molecule is Nc1c(C(=O)NCCCn2ccnc2)sc2cccnc12. The summed E-state index contributed by atoms with van der Waals surface area (Å²) in [7, 11) is 0. The van der Waals surface area contributed by atoms with Crippen molar-refractivity contribution in [3.63, 3.8) is 0 Å². The van der Waals surface area contributed by atoms with Crippen molar-refractivity contribution < 1.29 is 4.79 Å². The molecule has 0 unspecified atom stereocenters. The molecule has 0 aliphatic heterocycles. The van der Waals surface area contributed by atoms with Gasteiger partial charge in [0.05, 0.1) is 16.7 Å². The third-order valence-corrected chi connectivity index (χ3v) is 4.29. The third kappa shape index (κ3) is 2.87. The van der Waals surface area contributed by atoms with Gasteiger partial charge in [0.15, 0.2) is 0 Å². The number of nitrogens with two attached hydrogens (primary N) is 1. The van der Waals surface area contributed by atoms with Crippen LogP contribution in [0.2, 0.25) is 0 Å². The fourth-order valence-electron chi connectivity index (χ4n) is 2.08. The highest BCUT2D eigenvalue weighted by Gasteiger charge is 2.16. The van der Waals surface area contributed by atoms with Gasteiger partial charge in [0.2, 0.25) is 0 Å². The zero-order valence-electron chi connectivity index (χ0n) is 11.3. The molecule has 0 saturated heterocycles. The number of fused-ring (bicyclic) bond motifs is 1. The van der Waals surface area contributed by atoms with Crippen molar-refractivity contribution in [1.29, 1.82) is 0 Å². The average Bonchev–Trinajstić information content (AvgIpc) is 3.12. The van der Waals surface area contributed by atoms with E-state index in [1.807, 2.05) is 22.9 Å². The van der Waals surface area contributed by atoms with Gasteiger partial charge < -0.3 is 15.6 Å². The summed E-state index contributed by atoms with van der Waals surface area (Å²) in [6, 6.07) is 3.75. The van der Waals surface area contributed by atoms with Crippen LogP contribution in [0.1, 0.15) is 16.1 Å². The molecule has 3 N–H and O–H groups in total. The van der Waals surface area contributed by atoms with Crippen LogP contribution in [-0.2, 0) is 6.54 Å². The summed E-state index contributed by atoms with van der Waals surface area (Å²) >= 11 is 1.37. The van der Waals surface area contributed by atoms with Gasteiger partial charge in [0.1, 0.15) is 10.4 Å². The van der Waals surface area contributed by atoms with Crippen LogP contribution in [0.15, 0.2) is 37.1 Å². The molecule has 0 bridgehead atoms. The number of aryl methyl sites for hydroxylation is 1. The molecule has 3 heterocycles. The predicted molar refractivity (Wildman–Crippen MR) is 83.2 cm³/mol. The Morgan fingerprint density at radius 2 is 2.33 bits per heavy atom. The lowest BCUT2D eigenvalue weighted by molar-refractivity contribution is 0.0957. The van der Waals surface area contributed by atoms with Gasteiger partial charge in [0.25, 0.3) is 5.91 Å². The summed E-state index contributed by atoms with van der Waals surface area (Å²) < 4.78 is 2.91. The molecule has 0 radical (unpaired) electrons. The van der Waals surface area contributed by atoms with Crippen LogP contribution in [0, 0.1) is 0 Å². The highest BCUT2D eigenvalue weighted by atomic mass is 32.1. The molecule has 0 fully saturated rings. The van der Waals surface area contributed by atoms with Crippen LogP contribution in [0.5, 0.6) is 0 Å². The second kappa shape index (κ2) is 5.92. The van der Waals surface area contributed by atoms with Gasteiger partial charge in [-0.2, -0.15) is 0 Å². The molecule has 0 atom stereocenters. The average molecular weight is 301 g/mol. The van der Waals surface area contributed by atoms with Crippen molar-refractivity contribution in [2.75, 3.05) is 12.3 Å². The number of thiophene rings is 1. The number of nitrogens with zero attached hydrogens (tertiary/aromatic N) is 3. The molecule has 7 heteroatoms. The number of nitrogen functional groups attached to an aromatic ring is 1. The molecular weight excluding hydrogens is 286 g/mol. The Morgan fingerprint density at radius 3 is 3.10 bits per heavy atom. The van der Waals surface area contributed by atoms with E-state index in [4.69, 9.17) is 5.73 Å². The van der Waals surface area contributed by atoms with E-state index in [9.17, 15) is 4.79 Å². The van der Waals surface area contributed by atoms with Gasteiger partial charge in [-0.05, 0) is 18.6 Å². The second-order valence-corrected chi connectivity index (χ2v) is 5.66. The highest BCUT2D eigenvalue weighted by Crippen LogP contribution is 2.31. The van der Waals surface area contributed by atoms with Crippen molar-refractivity contribution in [3.8, 4) is 0 Å². The summed E-state index contributed by atoms with van der Waals surface area (Å²) in [4.78, 5) is 20.9. The van der Waals surface area contributed by atoms with Crippen LogP contribution >= 0.6 is 11.3 Å². The fourth-order valence-corrected chi connectivity index (χ4v) is 3.08. The quantitative estimate of drug-likeness (QED) is 0.705. The van der Waals surface area contributed by atoms with Gasteiger partial charge in [-0.15, -0.1) is 11.3 Å². The summed E-state index contributed by atoms with van der Waals surface area (Å²) in [5.74, 6) is -0.138. The summed E-state index contributed by atoms with van der Waals surface area (Å²) in [6.07, 6.45) is 7.92. The summed E-state index contributed by atoms with van der Waals surface area (Å²) in [5.41, 5.74) is 7.16. The Morgan fingerprint density at radius 1 is 1.43 bits per heavy atom. The van der Waals surface area contributed by atoms with Gasteiger partial charge >= 0.3 is 0 Å². The van der Waals surface area contributed by atoms with E-state index in [2.05, 4.69) is 15.3 Å². The first kappa shape index (κ1) is 13.6. The lowest BCUT2D eigenvalue weighted by atomic mass is 10.3. The number of aromatic nitrogens is 3. The number of hydrogen-bond donors (Lipinski definition) is 2. The van der Waals surface area contributed by atoms with Gasteiger partial charge in [0, 0.05) is 31.7 Å². The van der Waals surface area contributed by atoms with Crippen LogP contribution in [0.25, 0.3) is 10.2 Å². The van der Waals surface area contributed by atoms with Gasteiger partial charge in [-0.25, -0.2) is 4.98 Å². The third-order valence-electron chi connectivity index (χ3n) is 3.13. The number of rotatable bonds is 5. The van der Waals surface area contributed by atoms with Crippen molar-refractivity contribution in [2.24, 2.45) is 0 Å². The first-order valence-electron chi connectivity index (χ1n) is 6.62. The molecule has 6 nitrogen and oxygen atoms in total. The minimum atomic E-state index is -0.138. The zero-order chi connectivity index (χ0) is 14.7. The topological polar surface area (TPSA) is 85.8 Å². The molecule has 21 heavy (non-hydrogen) atoms.